The van der Waals surface area contributed by atoms with Gasteiger partial charge in [0.25, 0.3) is 0 Å². The molecule has 0 N–H and O–H groups in total. The highest BCUT2D eigenvalue weighted by Gasteiger charge is 2.33. The molecule has 1 aromatic rings. The summed E-state index contributed by atoms with van der Waals surface area (Å²) < 4.78 is 59.2. The Morgan fingerprint density at radius 2 is 1.84 bits per heavy atom. The van der Waals surface area contributed by atoms with Crippen LogP contribution < -0.4 is 0 Å². The molecule has 1 saturated carbocycles. The van der Waals surface area contributed by atoms with Gasteiger partial charge in [-0.15, -0.1) is 0 Å². The van der Waals surface area contributed by atoms with Crippen LogP contribution in [0.2, 0.25) is 0 Å². The highest BCUT2D eigenvalue weighted by molar-refractivity contribution is 5.16. The van der Waals surface area contributed by atoms with Gasteiger partial charge in [0, 0.05) is 0 Å². The molecule has 0 radical (unpaired) electrons. The average Bonchev–Trinajstić information content (AvgIpc) is 2.62. The predicted molar refractivity (Wildman–Crippen MR) is 90.4 cm³/mol. The summed E-state index contributed by atoms with van der Waals surface area (Å²) in [5.74, 6) is -1.75. The number of allylic oxidation sites excluding steroid dienone is 2. The summed E-state index contributed by atoms with van der Waals surface area (Å²) >= 11 is 0. The lowest BCUT2D eigenvalue weighted by atomic mass is 9.78. The van der Waals surface area contributed by atoms with Crippen molar-refractivity contribution in [3.05, 3.63) is 47.5 Å². The first-order valence-electron chi connectivity index (χ1n) is 8.96. The lowest BCUT2D eigenvalue weighted by Crippen LogP contribution is -2.31. The maximum Gasteiger partial charge on any atom is 0.231 e. The van der Waals surface area contributed by atoms with Crippen molar-refractivity contribution < 1.29 is 22.3 Å². The maximum absolute atomic E-state index is 14.3. The van der Waals surface area contributed by atoms with Gasteiger partial charge in [-0.1, -0.05) is 31.1 Å². The summed E-state index contributed by atoms with van der Waals surface area (Å²) in [6.45, 7) is 1.71. The first-order valence-corrected chi connectivity index (χ1v) is 8.96. The Morgan fingerprint density at radius 1 is 1.12 bits per heavy atom. The van der Waals surface area contributed by atoms with E-state index in [4.69, 9.17) is 4.74 Å². The maximum atomic E-state index is 14.3. The van der Waals surface area contributed by atoms with Gasteiger partial charge in [0.05, 0.1) is 6.61 Å². The molecule has 0 heterocycles. The van der Waals surface area contributed by atoms with Crippen molar-refractivity contribution in [1.29, 1.82) is 0 Å². The summed E-state index contributed by atoms with van der Waals surface area (Å²) in [6.07, 6.45) is 5.73. The molecule has 0 amide bonds. The van der Waals surface area contributed by atoms with Gasteiger partial charge in [-0.2, -0.15) is 0 Å². The Bertz CT molecular complexity index is 553. The standard InChI is InChI=1S/C20H26F4O/c1-2-3-4-5-14-6-9-16(10-7-14)19(23)20(24)25-13-15-8-11-17(21)18(22)12-15/h2-3,8,11-12,14,16,19-20H,4-7,9-10,13H2,1H3. The van der Waals surface area contributed by atoms with Gasteiger partial charge in [-0.05, 0) is 62.1 Å². The Balaban J connectivity index is 1.74. The second-order valence-electron chi connectivity index (χ2n) is 6.78. The van der Waals surface area contributed by atoms with Crippen LogP contribution in [0.4, 0.5) is 17.6 Å². The summed E-state index contributed by atoms with van der Waals surface area (Å²) in [5.41, 5.74) is 0.279. The largest absolute Gasteiger partial charge is 0.341 e. The van der Waals surface area contributed by atoms with Crippen LogP contribution in [0.1, 0.15) is 51.0 Å². The fourth-order valence-electron chi connectivity index (χ4n) is 3.41. The predicted octanol–water partition coefficient (Wildman–Crippen LogP) is 6.28. The first kappa shape index (κ1) is 20.0. The molecule has 2 unspecified atom stereocenters. The van der Waals surface area contributed by atoms with Crippen molar-refractivity contribution >= 4 is 0 Å². The molecule has 140 valence electrons. The first-order chi connectivity index (χ1) is 12.0. The second-order valence-corrected chi connectivity index (χ2v) is 6.78. The topological polar surface area (TPSA) is 9.23 Å². The van der Waals surface area contributed by atoms with Crippen molar-refractivity contribution in [1.82, 2.24) is 0 Å². The minimum absolute atomic E-state index is 0.279. The van der Waals surface area contributed by atoms with Gasteiger partial charge in [0.2, 0.25) is 6.36 Å². The fourth-order valence-corrected chi connectivity index (χ4v) is 3.41. The van der Waals surface area contributed by atoms with E-state index in [-0.39, 0.29) is 18.1 Å². The smallest absolute Gasteiger partial charge is 0.231 e. The van der Waals surface area contributed by atoms with Crippen molar-refractivity contribution in [3.8, 4) is 0 Å². The number of rotatable bonds is 8. The highest BCUT2D eigenvalue weighted by Crippen LogP contribution is 2.36. The van der Waals surface area contributed by atoms with E-state index < -0.39 is 24.2 Å². The van der Waals surface area contributed by atoms with Crippen molar-refractivity contribution in [2.75, 3.05) is 0 Å². The zero-order valence-corrected chi connectivity index (χ0v) is 14.6. The molecule has 2 rings (SSSR count). The number of ether oxygens (including phenoxy) is 1. The quantitative estimate of drug-likeness (QED) is 0.393. The van der Waals surface area contributed by atoms with E-state index in [1.165, 1.54) is 6.07 Å². The minimum atomic E-state index is -2.04. The van der Waals surface area contributed by atoms with Crippen LogP contribution in [0.15, 0.2) is 30.4 Å². The molecule has 2 atom stereocenters. The summed E-state index contributed by atoms with van der Waals surface area (Å²) in [7, 11) is 0. The zero-order chi connectivity index (χ0) is 18.2. The molecule has 1 aromatic carbocycles. The average molecular weight is 358 g/mol. The Kier molecular flexibility index (Phi) is 7.94. The third-order valence-electron chi connectivity index (χ3n) is 4.96. The number of hydrogen-bond donors (Lipinski definition) is 0. The van der Waals surface area contributed by atoms with Gasteiger partial charge in [-0.25, -0.2) is 17.6 Å². The van der Waals surface area contributed by atoms with Crippen LogP contribution in [0.3, 0.4) is 0 Å². The number of benzene rings is 1. The molecule has 0 aliphatic heterocycles. The Morgan fingerprint density at radius 3 is 2.48 bits per heavy atom. The Hall–Kier alpha value is -1.36. The summed E-state index contributed by atoms with van der Waals surface area (Å²) in [5, 5.41) is 0. The third-order valence-corrected chi connectivity index (χ3v) is 4.96. The van der Waals surface area contributed by atoms with E-state index in [1.54, 1.807) is 0 Å². The summed E-state index contributed by atoms with van der Waals surface area (Å²) in [4.78, 5) is 0. The van der Waals surface area contributed by atoms with Gasteiger partial charge < -0.3 is 4.74 Å². The molecule has 0 bridgehead atoms. The molecule has 5 heteroatoms. The van der Waals surface area contributed by atoms with E-state index >= 15 is 0 Å². The van der Waals surface area contributed by atoms with Gasteiger partial charge >= 0.3 is 0 Å². The van der Waals surface area contributed by atoms with Crippen molar-refractivity contribution in [3.63, 3.8) is 0 Å². The van der Waals surface area contributed by atoms with E-state index in [0.29, 0.717) is 18.8 Å². The normalized spacial score (nSPS) is 23.7. The zero-order valence-electron chi connectivity index (χ0n) is 14.6. The van der Waals surface area contributed by atoms with E-state index in [0.717, 1.165) is 37.8 Å². The van der Waals surface area contributed by atoms with Crippen LogP contribution >= 0.6 is 0 Å². The van der Waals surface area contributed by atoms with Crippen molar-refractivity contribution in [2.24, 2.45) is 11.8 Å². The molecule has 0 saturated heterocycles. The molecule has 1 nitrogen and oxygen atoms in total. The van der Waals surface area contributed by atoms with E-state index in [1.807, 2.05) is 13.0 Å². The summed E-state index contributed by atoms with van der Waals surface area (Å²) in [6, 6.07) is 3.18. The molecule has 1 fully saturated rings. The lowest BCUT2D eigenvalue weighted by molar-refractivity contribution is -0.115. The molecular formula is C20H26F4O. The molecule has 1 aliphatic carbocycles. The third kappa shape index (κ3) is 6.14. The molecule has 25 heavy (non-hydrogen) atoms. The fraction of sp³-hybridized carbons (Fsp3) is 0.600. The highest BCUT2D eigenvalue weighted by atomic mass is 19.2. The Labute approximate surface area is 147 Å². The molecule has 1 aliphatic rings. The monoisotopic (exact) mass is 358 g/mol. The van der Waals surface area contributed by atoms with Crippen LogP contribution in [0.5, 0.6) is 0 Å². The van der Waals surface area contributed by atoms with Crippen LogP contribution in [0.25, 0.3) is 0 Å². The van der Waals surface area contributed by atoms with Crippen LogP contribution in [-0.4, -0.2) is 12.5 Å². The van der Waals surface area contributed by atoms with Gasteiger partial charge in [0.1, 0.15) is 0 Å². The van der Waals surface area contributed by atoms with Gasteiger partial charge in [-0.3, -0.25) is 0 Å². The SMILES string of the molecule is CC=CCCC1CCC(C(F)C(F)OCc2ccc(F)c(F)c2)CC1. The van der Waals surface area contributed by atoms with Crippen LogP contribution in [0, 0.1) is 23.5 Å². The van der Waals surface area contributed by atoms with E-state index in [2.05, 4.69) is 6.08 Å². The number of hydrogen-bond acceptors (Lipinski definition) is 1. The number of halogens is 4. The van der Waals surface area contributed by atoms with Crippen molar-refractivity contribution in [2.45, 2.75) is 64.6 Å². The molecule has 0 aromatic heterocycles. The molecule has 0 spiro atoms. The minimum Gasteiger partial charge on any atom is -0.341 e. The molecular weight excluding hydrogens is 332 g/mol. The van der Waals surface area contributed by atoms with E-state index in [9.17, 15) is 17.6 Å². The lowest BCUT2D eigenvalue weighted by Gasteiger charge is -2.31. The number of alkyl halides is 2. The van der Waals surface area contributed by atoms with Crippen LogP contribution in [-0.2, 0) is 11.3 Å². The second kappa shape index (κ2) is 9.95. The van der Waals surface area contributed by atoms with Gasteiger partial charge in [0.15, 0.2) is 17.8 Å².